The summed E-state index contributed by atoms with van der Waals surface area (Å²) in [5.74, 6) is 0.659. The Morgan fingerprint density at radius 2 is 2.11 bits per heavy atom. The number of hydrogen-bond donors (Lipinski definition) is 2. The molecule has 0 spiro atoms. The molecule has 1 unspecified atom stereocenters. The highest BCUT2D eigenvalue weighted by atomic mass is 35.5. The summed E-state index contributed by atoms with van der Waals surface area (Å²) in [6, 6.07) is 3.48. The lowest BCUT2D eigenvalue weighted by atomic mass is 10.1. The number of aliphatic hydroxyl groups is 1. The first kappa shape index (κ1) is 15.6. The molecule has 0 saturated heterocycles. The molecule has 1 rings (SSSR count). The van der Waals surface area contributed by atoms with Crippen LogP contribution in [-0.2, 0) is 6.42 Å². The minimum absolute atomic E-state index is 0.249. The average Bonchev–Trinajstić information content (AvgIpc) is 2.34. The normalized spacial score (nSPS) is 12.5. The van der Waals surface area contributed by atoms with Crippen LogP contribution < -0.4 is 10.5 Å². The molecular weight excluding hydrogens is 273 g/mol. The van der Waals surface area contributed by atoms with Gasteiger partial charge in [-0.1, -0.05) is 30.1 Å². The van der Waals surface area contributed by atoms with Crippen LogP contribution in [0.1, 0.15) is 25.3 Å². The maximum absolute atomic E-state index is 9.49. The van der Waals surface area contributed by atoms with Crippen LogP contribution in [0.15, 0.2) is 12.1 Å². The number of ether oxygens (including phenoxy) is 1. The van der Waals surface area contributed by atoms with Crippen molar-refractivity contribution in [3.05, 3.63) is 27.7 Å². The molecule has 102 valence electrons. The molecule has 0 aliphatic carbocycles. The Labute approximate surface area is 118 Å². The molecule has 0 radical (unpaired) electrons. The summed E-state index contributed by atoms with van der Waals surface area (Å²) < 4.78 is 5.63. The maximum Gasteiger partial charge on any atom is 0.141 e. The van der Waals surface area contributed by atoms with Gasteiger partial charge in [0.15, 0.2) is 0 Å². The van der Waals surface area contributed by atoms with Crippen LogP contribution in [-0.4, -0.2) is 24.4 Å². The second kappa shape index (κ2) is 7.85. The highest BCUT2D eigenvalue weighted by Gasteiger charge is 2.12. The smallest absolute Gasteiger partial charge is 0.141 e. The molecule has 1 aromatic carbocycles. The van der Waals surface area contributed by atoms with Crippen molar-refractivity contribution in [2.45, 2.75) is 32.3 Å². The number of aliphatic hydroxyl groups excluding tert-OH is 1. The van der Waals surface area contributed by atoms with Gasteiger partial charge in [-0.25, -0.2) is 0 Å². The summed E-state index contributed by atoms with van der Waals surface area (Å²) in [6.07, 6.45) is 1.60. The van der Waals surface area contributed by atoms with E-state index in [1.807, 2.05) is 13.0 Å². The van der Waals surface area contributed by atoms with E-state index in [1.54, 1.807) is 6.07 Å². The fraction of sp³-hybridized carbons (Fsp3) is 0.538. The molecule has 0 aliphatic rings. The van der Waals surface area contributed by atoms with E-state index in [4.69, 9.17) is 33.7 Å². The average molecular weight is 292 g/mol. The summed E-state index contributed by atoms with van der Waals surface area (Å²) in [5.41, 5.74) is 6.29. The van der Waals surface area contributed by atoms with E-state index in [0.717, 1.165) is 12.0 Å². The van der Waals surface area contributed by atoms with Gasteiger partial charge < -0.3 is 15.6 Å². The fourth-order valence-electron chi connectivity index (χ4n) is 1.61. The lowest BCUT2D eigenvalue weighted by Crippen LogP contribution is -2.20. The number of rotatable bonds is 7. The van der Waals surface area contributed by atoms with Gasteiger partial charge in [0.05, 0.1) is 17.7 Å². The van der Waals surface area contributed by atoms with E-state index in [2.05, 4.69) is 0 Å². The number of benzene rings is 1. The van der Waals surface area contributed by atoms with Crippen LogP contribution in [0.25, 0.3) is 0 Å². The zero-order valence-corrected chi connectivity index (χ0v) is 12.0. The van der Waals surface area contributed by atoms with E-state index >= 15 is 0 Å². The summed E-state index contributed by atoms with van der Waals surface area (Å²) in [4.78, 5) is 0. The van der Waals surface area contributed by atoms with Crippen molar-refractivity contribution in [1.82, 2.24) is 0 Å². The zero-order valence-electron chi connectivity index (χ0n) is 10.5. The van der Waals surface area contributed by atoms with E-state index in [-0.39, 0.29) is 6.54 Å². The molecule has 0 aliphatic heterocycles. The summed E-state index contributed by atoms with van der Waals surface area (Å²) in [6.45, 7) is 2.88. The van der Waals surface area contributed by atoms with Crippen molar-refractivity contribution in [2.75, 3.05) is 13.2 Å². The quantitative estimate of drug-likeness (QED) is 0.812. The molecule has 0 heterocycles. The van der Waals surface area contributed by atoms with Crippen molar-refractivity contribution >= 4 is 23.2 Å². The number of halogens is 2. The Kier molecular flexibility index (Phi) is 6.79. The van der Waals surface area contributed by atoms with Crippen molar-refractivity contribution < 1.29 is 9.84 Å². The highest BCUT2D eigenvalue weighted by Crippen LogP contribution is 2.33. The van der Waals surface area contributed by atoms with Gasteiger partial charge in [-0.2, -0.15) is 0 Å². The molecule has 0 aromatic heterocycles. The summed E-state index contributed by atoms with van der Waals surface area (Å²) in [7, 11) is 0. The molecule has 18 heavy (non-hydrogen) atoms. The predicted octanol–water partition coefficient (Wildman–Crippen LogP) is 3.03. The fourth-order valence-corrected chi connectivity index (χ4v) is 2.20. The third-order valence-electron chi connectivity index (χ3n) is 2.55. The lowest BCUT2D eigenvalue weighted by Gasteiger charge is -2.14. The van der Waals surface area contributed by atoms with Crippen LogP contribution >= 0.6 is 23.2 Å². The standard InChI is InChI=1S/C13H19Cl2NO2/c1-2-5-18-13-9(3-4-11(17)8-16)6-10(14)7-12(13)15/h6-7,11,17H,2-5,8,16H2,1H3. The summed E-state index contributed by atoms with van der Waals surface area (Å²) in [5, 5.41) is 10.6. The molecule has 5 heteroatoms. The highest BCUT2D eigenvalue weighted by molar-refractivity contribution is 6.35. The molecule has 3 nitrogen and oxygen atoms in total. The maximum atomic E-state index is 9.49. The second-order valence-corrected chi connectivity index (χ2v) is 5.00. The van der Waals surface area contributed by atoms with Gasteiger partial charge in [-0.3, -0.25) is 0 Å². The third kappa shape index (κ3) is 4.65. The Balaban J connectivity index is 2.85. The second-order valence-electron chi connectivity index (χ2n) is 4.15. The van der Waals surface area contributed by atoms with Crippen molar-refractivity contribution in [3.63, 3.8) is 0 Å². The van der Waals surface area contributed by atoms with Crippen LogP contribution in [0.2, 0.25) is 10.0 Å². The van der Waals surface area contributed by atoms with Crippen LogP contribution in [0.5, 0.6) is 5.75 Å². The Morgan fingerprint density at radius 3 is 2.72 bits per heavy atom. The largest absolute Gasteiger partial charge is 0.492 e. The first-order valence-corrected chi connectivity index (χ1v) is 6.82. The van der Waals surface area contributed by atoms with Crippen LogP contribution in [0.3, 0.4) is 0 Å². The summed E-state index contributed by atoms with van der Waals surface area (Å²) >= 11 is 12.1. The van der Waals surface area contributed by atoms with E-state index < -0.39 is 6.10 Å². The van der Waals surface area contributed by atoms with E-state index in [9.17, 15) is 5.11 Å². The first-order chi connectivity index (χ1) is 8.58. The number of nitrogens with two attached hydrogens (primary N) is 1. The lowest BCUT2D eigenvalue weighted by molar-refractivity contribution is 0.172. The molecule has 0 saturated carbocycles. The number of aryl methyl sites for hydroxylation is 1. The molecule has 1 aromatic rings. The van der Waals surface area contributed by atoms with Gasteiger partial charge in [0.2, 0.25) is 0 Å². The van der Waals surface area contributed by atoms with Crippen molar-refractivity contribution in [1.29, 1.82) is 0 Å². The van der Waals surface area contributed by atoms with Crippen LogP contribution in [0.4, 0.5) is 0 Å². The van der Waals surface area contributed by atoms with Gasteiger partial charge in [0.1, 0.15) is 5.75 Å². The van der Waals surface area contributed by atoms with Gasteiger partial charge >= 0.3 is 0 Å². The first-order valence-electron chi connectivity index (χ1n) is 6.07. The minimum atomic E-state index is -0.512. The van der Waals surface area contributed by atoms with Gasteiger partial charge in [0.25, 0.3) is 0 Å². The molecule has 0 fully saturated rings. The molecule has 0 amide bonds. The molecule has 3 N–H and O–H groups in total. The van der Waals surface area contributed by atoms with E-state index in [0.29, 0.717) is 35.2 Å². The molecular formula is C13H19Cl2NO2. The zero-order chi connectivity index (χ0) is 13.5. The Bertz CT molecular complexity index is 385. The van der Waals surface area contributed by atoms with Gasteiger partial charge in [0, 0.05) is 11.6 Å². The monoisotopic (exact) mass is 291 g/mol. The third-order valence-corrected chi connectivity index (χ3v) is 3.05. The van der Waals surface area contributed by atoms with Crippen LogP contribution in [0, 0.1) is 0 Å². The minimum Gasteiger partial charge on any atom is -0.492 e. The van der Waals surface area contributed by atoms with E-state index in [1.165, 1.54) is 0 Å². The van der Waals surface area contributed by atoms with Gasteiger partial charge in [-0.15, -0.1) is 0 Å². The topological polar surface area (TPSA) is 55.5 Å². The SMILES string of the molecule is CCCOc1c(Cl)cc(Cl)cc1CCC(O)CN. The Morgan fingerprint density at radius 1 is 1.39 bits per heavy atom. The Hall–Kier alpha value is -0.480. The van der Waals surface area contributed by atoms with Crippen molar-refractivity contribution in [3.8, 4) is 5.75 Å². The van der Waals surface area contributed by atoms with Gasteiger partial charge in [-0.05, 0) is 37.0 Å². The number of hydrogen-bond acceptors (Lipinski definition) is 3. The molecule has 0 bridgehead atoms. The van der Waals surface area contributed by atoms with Crippen molar-refractivity contribution in [2.24, 2.45) is 5.73 Å². The predicted molar refractivity (Wildman–Crippen MR) is 75.6 cm³/mol. The molecule has 1 atom stereocenters.